The number of rotatable bonds is 22. The van der Waals surface area contributed by atoms with Crippen LogP contribution in [0.3, 0.4) is 0 Å². The SMILES string of the molecule is O=C(O)CN(CCN(CC(=O)O)CC(=O)Nc1cc2cccnc2c2ncccc12)CCN(CC(=O)O)CC(=O)Nc1cc2cccnc2c2ncccc12.[Gd+3].[Ir].[Ir].[c-]1ccccc1-c1ccccn1.[c-]1ccccc1-c1ccccn1.[c-]1ccccc1-c1ccccn1.[c-]1ccccc1-c1ccccn1. The van der Waals surface area contributed by atoms with Crippen molar-refractivity contribution in [3.05, 3.63) is 304 Å². The van der Waals surface area contributed by atoms with E-state index in [4.69, 9.17) is 0 Å². The van der Waals surface area contributed by atoms with E-state index in [1.165, 1.54) is 14.7 Å². The van der Waals surface area contributed by atoms with Gasteiger partial charge in [0.15, 0.2) is 0 Å². The first-order valence-corrected chi connectivity index (χ1v) is 32.6. The fraction of sp³-hybridized carbons (Fsp3) is 0.110. The second-order valence-electron chi connectivity index (χ2n) is 22.7. The molecular weight excluding hydrogens is 1840 g/mol. The van der Waals surface area contributed by atoms with Crippen molar-refractivity contribution in [1.82, 2.24) is 54.6 Å². The normalized spacial score (nSPS) is 10.4. The minimum absolute atomic E-state index is 0. The number of nitrogens with one attached hydrogen (secondary N) is 2. The number of carboxylic acids is 3. The Bertz CT molecular complexity index is 4420. The molecule has 8 heterocycles. The van der Waals surface area contributed by atoms with Crippen LogP contribution < -0.4 is 10.6 Å². The Morgan fingerprint density at radius 2 is 0.585 bits per heavy atom. The summed E-state index contributed by atoms with van der Waals surface area (Å²) >= 11 is 0. The van der Waals surface area contributed by atoms with E-state index in [-0.39, 0.29) is 119 Å². The number of hydrogen-bond acceptors (Lipinski definition) is 16. The summed E-state index contributed by atoms with van der Waals surface area (Å²) in [4.78, 5) is 101. The summed E-state index contributed by atoms with van der Waals surface area (Å²) in [5.41, 5.74) is 11.5. The standard InChI is InChI=1S/C38H37N9O8.4C11H8N.Gd.2Ir/c48-30(43-28-17-24-5-1-9-39-35(24)37-26(28)7-3-11-41-37)19-46(22-33(52)53)15-13-45(21-32(50)51)14-16-47(23-34(54)55)20-31(49)44-29-18-25-6-2-10-40-36(25)38-27(29)8-4-12-42-38;4*1-2-6-10(7-3-1)11-8-4-5-9-12-11;;;/h1-12,17-18H,13-16,19-23H2,(H,43,48)(H,44,49)(H,50,51)(H,52,53)(H,54,55);4*1-6,8-9H;;;/q;4*-1;+3;;. The second kappa shape index (κ2) is 44.3. The number of nitrogens with zero attached hydrogens (tertiary/aromatic N) is 11. The Labute approximate surface area is 671 Å². The number of fused-ring (bicyclic) bond motifs is 6. The van der Waals surface area contributed by atoms with Crippen molar-refractivity contribution in [1.29, 1.82) is 0 Å². The summed E-state index contributed by atoms with van der Waals surface area (Å²) in [6.07, 6.45) is 13.7. The molecule has 3 radical (unpaired) electrons. The van der Waals surface area contributed by atoms with Gasteiger partial charge in [0.2, 0.25) is 11.8 Å². The molecule has 0 bridgehead atoms. The molecule has 0 aliphatic carbocycles. The van der Waals surface area contributed by atoms with Crippen LogP contribution in [-0.2, 0) is 64.2 Å². The number of carbonyl (C=O) groups excluding carboxylic acids is 2. The molecule has 14 rings (SSSR count). The predicted octanol–water partition coefficient (Wildman–Crippen LogP) is 12.8. The van der Waals surface area contributed by atoms with Crippen LogP contribution >= 0.6 is 0 Å². The molecule has 0 unspecified atom stereocenters. The first kappa shape index (κ1) is 82.7. The van der Waals surface area contributed by atoms with Gasteiger partial charge in [-0.25, -0.2) is 0 Å². The number of hydrogen-bond donors (Lipinski definition) is 5. The van der Waals surface area contributed by atoms with Gasteiger partial charge in [0.25, 0.3) is 0 Å². The van der Waals surface area contributed by atoms with E-state index < -0.39 is 49.4 Å². The van der Waals surface area contributed by atoms with Gasteiger partial charge >= 0.3 is 57.8 Å². The number of pyridine rings is 8. The minimum atomic E-state index is -1.19. The summed E-state index contributed by atoms with van der Waals surface area (Å²) in [7, 11) is 0. The Kier molecular flexibility index (Phi) is 34.5. The molecule has 2 amide bonds. The van der Waals surface area contributed by atoms with Crippen LogP contribution in [0.5, 0.6) is 0 Å². The third kappa shape index (κ3) is 25.9. The van der Waals surface area contributed by atoms with Gasteiger partial charge in [0, 0.05) is 138 Å². The Hall–Kier alpha value is -10.6. The molecule has 0 atom stereocenters. The van der Waals surface area contributed by atoms with E-state index >= 15 is 0 Å². The van der Waals surface area contributed by atoms with Crippen molar-refractivity contribution >= 4 is 84.7 Å². The minimum Gasteiger partial charge on any atom is -0.480 e. The predicted molar refractivity (Wildman–Crippen MR) is 398 cm³/mol. The molecule has 0 saturated carbocycles. The molecule has 6 aromatic carbocycles. The van der Waals surface area contributed by atoms with Crippen molar-refractivity contribution in [2.24, 2.45) is 0 Å². The van der Waals surface area contributed by atoms with E-state index in [0.717, 1.165) is 55.8 Å². The van der Waals surface area contributed by atoms with Crippen molar-refractivity contribution in [2.75, 3.05) is 69.5 Å². The van der Waals surface area contributed by atoms with Crippen molar-refractivity contribution in [2.45, 2.75) is 0 Å². The van der Waals surface area contributed by atoms with Crippen LogP contribution in [0.1, 0.15) is 0 Å². The quantitative estimate of drug-likeness (QED) is 0.0311. The van der Waals surface area contributed by atoms with Crippen LogP contribution in [-0.4, -0.2) is 159 Å². The van der Waals surface area contributed by atoms with E-state index in [0.29, 0.717) is 44.2 Å². The first-order valence-electron chi connectivity index (χ1n) is 32.6. The van der Waals surface area contributed by atoms with Gasteiger partial charge < -0.3 is 45.9 Å². The number of benzene rings is 6. The van der Waals surface area contributed by atoms with E-state index in [1.807, 2.05) is 182 Å². The maximum absolute atomic E-state index is 13.3. The maximum atomic E-state index is 13.3. The Morgan fingerprint density at radius 3 is 0.868 bits per heavy atom. The number of anilines is 2. The summed E-state index contributed by atoms with van der Waals surface area (Å²) in [6, 6.07) is 85.1. The van der Waals surface area contributed by atoms with E-state index in [1.54, 1.807) is 98.1 Å². The fourth-order valence-electron chi connectivity index (χ4n) is 10.7. The molecule has 537 valence electrons. The van der Waals surface area contributed by atoms with Crippen molar-refractivity contribution in [3.63, 3.8) is 0 Å². The van der Waals surface area contributed by atoms with E-state index in [9.17, 15) is 39.3 Å². The summed E-state index contributed by atoms with van der Waals surface area (Å²) in [5, 5.41) is 37.4. The Morgan fingerprint density at radius 1 is 0.311 bits per heavy atom. The van der Waals surface area contributed by atoms with Gasteiger partial charge in [-0.3, -0.25) is 58.6 Å². The van der Waals surface area contributed by atoms with Crippen molar-refractivity contribution in [3.8, 4) is 45.0 Å². The second-order valence-corrected chi connectivity index (χ2v) is 22.7. The molecule has 0 saturated heterocycles. The topological polar surface area (TPSA) is 283 Å². The molecule has 0 aliphatic heterocycles. The molecule has 21 nitrogen and oxygen atoms in total. The summed E-state index contributed by atoms with van der Waals surface area (Å²) in [5.74, 6) is -4.53. The molecule has 0 aliphatic rings. The average molecular weight is 1910 g/mol. The number of carboxylic acid groups (broad SMARTS) is 3. The summed E-state index contributed by atoms with van der Waals surface area (Å²) < 4.78 is 0. The monoisotopic (exact) mass is 1910 g/mol. The third-order valence-electron chi connectivity index (χ3n) is 15.3. The van der Waals surface area contributed by atoms with E-state index in [2.05, 4.69) is 74.8 Å². The van der Waals surface area contributed by atoms with Gasteiger partial charge in [-0.15, -0.1) is 144 Å². The number of carbonyl (C=O) groups is 5. The molecule has 5 N–H and O–H groups in total. The van der Waals surface area contributed by atoms with Gasteiger partial charge in [-0.2, -0.15) is 0 Å². The molecule has 0 fully saturated rings. The Balaban J connectivity index is 0.000000242. The van der Waals surface area contributed by atoms with Crippen LogP contribution in [0.2, 0.25) is 0 Å². The molecule has 8 aromatic heterocycles. The average Bonchev–Trinajstić information content (AvgIpc) is 0.781. The largest absolute Gasteiger partial charge is 3.00 e. The zero-order valence-electron chi connectivity index (χ0n) is 56.7. The van der Waals surface area contributed by atoms with Crippen molar-refractivity contribution < 1.29 is 119 Å². The number of aromatic nitrogens is 8. The van der Waals surface area contributed by atoms with Crippen LogP contribution in [0, 0.1) is 64.2 Å². The van der Waals surface area contributed by atoms with Gasteiger partial charge in [0.1, 0.15) is 0 Å². The first-order chi connectivity index (χ1) is 50.4. The van der Waals surface area contributed by atoms with Gasteiger partial charge in [0.05, 0.1) is 66.2 Å². The van der Waals surface area contributed by atoms with Crippen LogP contribution in [0.15, 0.2) is 280 Å². The van der Waals surface area contributed by atoms with Crippen LogP contribution in [0.25, 0.3) is 88.6 Å². The molecule has 24 heteroatoms. The number of aliphatic carboxylic acids is 3. The fourth-order valence-corrected chi connectivity index (χ4v) is 10.7. The smallest absolute Gasteiger partial charge is 0.480 e. The number of amides is 2. The van der Waals surface area contributed by atoms with Gasteiger partial charge in [-0.1, -0.05) is 60.7 Å². The third-order valence-corrected chi connectivity index (χ3v) is 15.3. The summed E-state index contributed by atoms with van der Waals surface area (Å²) in [6.45, 7) is -2.05. The zero-order chi connectivity index (χ0) is 71.8. The van der Waals surface area contributed by atoms with Gasteiger partial charge in [-0.05, 0) is 95.6 Å². The molecule has 0 spiro atoms. The zero-order valence-corrected chi connectivity index (χ0v) is 63.8. The van der Waals surface area contributed by atoms with Crippen LogP contribution in [0.4, 0.5) is 11.4 Å². The molecule has 14 aromatic rings. The maximum Gasteiger partial charge on any atom is 3.00 e. The molecule has 106 heavy (non-hydrogen) atoms. The molecular formula is C82H69GdIr2N13O8-.